The van der Waals surface area contributed by atoms with Crippen LogP contribution in [0.1, 0.15) is 24.1 Å². The smallest absolute Gasteiger partial charge is 0.225 e. The first kappa shape index (κ1) is 16.3. The van der Waals surface area contributed by atoms with E-state index in [1.54, 1.807) is 7.11 Å². The van der Waals surface area contributed by atoms with Gasteiger partial charge in [-0.3, -0.25) is 4.90 Å². The lowest BCUT2D eigenvalue weighted by Crippen LogP contribution is -2.48. The van der Waals surface area contributed by atoms with Crippen LogP contribution in [-0.2, 0) is 6.54 Å². The molecule has 5 nitrogen and oxygen atoms in total. The van der Waals surface area contributed by atoms with Gasteiger partial charge in [0.05, 0.1) is 7.11 Å². The van der Waals surface area contributed by atoms with Crippen LogP contribution in [0.2, 0.25) is 0 Å². The van der Waals surface area contributed by atoms with Crippen LogP contribution in [0.5, 0.6) is 5.75 Å². The van der Waals surface area contributed by atoms with Crippen LogP contribution >= 0.6 is 0 Å². The number of aromatic nitrogens is 2. The van der Waals surface area contributed by atoms with Gasteiger partial charge in [-0.1, -0.05) is 12.1 Å². The molecule has 2 aliphatic heterocycles. The number of anilines is 1. The zero-order valence-electron chi connectivity index (χ0n) is 15.1. The molecule has 2 fully saturated rings. The summed E-state index contributed by atoms with van der Waals surface area (Å²) in [6, 6.07) is 11.0. The SMILES string of the molecule is COc1cccc(CN2CCC3CCN(c4nccc(C)n4)CC32)c1. The molecule has 132 valence electrons. The second-order valence-corrected chi connectivity index (χ2v) is 7.17. The Labute approximate surface area is 149 Å². The van der Waals surface area contributed by atoms with E-state index in [0.29, 0.717) is 6.04 Å². The van der Waals surface area contributed by atoms with Gasteiger partial charge in [-0.25, -0.2) is 9.97 Å². The van der Waals surface area contributed by atoms with Gasteiger partial charge in [0.1, 0.15) is 5.75 Å². The Hall–Kier alpha value is -2.14. The lowest BCUT2D eigenvalue weighted by Gasteiger charge is -2.38. The summed E-state index contributed by atoms with van der Waals surface area (Å²) in [6.45, 7) is 6.29. The molecule has 2 atom stereocenters. The highest BCUT2D eigenvalue weighted by Gasteiger charge is 2.38. The van der Waals surface area contributed by atoms with E-state index in [0.717, 1.165) is 42.9 Å². The van der Waals surface area contributed by atoms with Crippen molar-refractivity contribution < 1.29 is 4.74 Å². The topological polar surface area (TPSA) is 41.5 Å². The molecular weight excluding hydrogens is 312 g/mol. The molecule has 2 aliphatic rings. The van der Waals surface area contributed by atoms with Crippen LogP contribution in [0.15, 0.2) is 36.5 Å². The van der Waals surface area contributed by atoms with E-state index in [1.165, 1.54) is 24.9 Å². The maximum atomic E-state index is 5.37. The molecule has 2 saturated heterocycles. The van der Waals surface area contributed by atoms with Crippen LogP contribution < -0.4 is 9.64 Å². The fourth-order valence-corrected chi connectivity index (χ4v) is 4.20. The normalized spacial score (nSPS) is 23.5. The number of rotatable bonds is 4. The molecular formula is C20H26N4O. The first-order valence-corrected chi connectivity index (χ1v) is 9.14. The number of likely N-dealkylation sites (tertiary alicyclic amines) is 1. The van der Waals surface area contributed by atoms with Gasteiger partial charge in [-0.05, 0) is 56.0 Å². The third-order valence-electron chi connectivity index (χ3n) is 5.56. The third-order valence-corrected chi connectivity index (χ3v) is 5.56. The molecule has 0 saturated carbocycles. The summed E-state index contributed by atoms with van der Waals surface area (Å²) in [5, 5.41) is 0. The minimum Gasteiger partial charge on any atom is -0.497 e. The average Bonchev–Trinajstić information content (AvgIpc) is 3.04. The van der Waals surface area contributed by atoms with Gasteiger partial charge in [0.15, 0.2) is 0 Å². The predicted octanol–water partition coefficient (Wildman–Crippen LogP) is 2.89. The number of piperidine rings is 1. The van der Waals surface area contributed by atoms with Crippen LogP contribution in [0, 0.1) is 12.8 Å². The molecule has 4 rings (SSSR count). The molecule has 5 heteroatoms. The maximum absolute atomic E-state index is 5.37. The lowest BCUT2D eigenvalue weighted by atomic mass is 9.92. The van der Waals surface area contributed by atoms with Gasteiger partial charge in [0, 0.05) is 37.6 Å². The minimum atomic E-state index is 0.587. The van der Waals surface area contributed by atoms with E-state index in [4.69, 9.17) is 4.74 Å². The molecule has 1 aromatic heterocycles. The Morgan fingerprint density at radius 3 is 2.92 bits per heavy atom. The summed E-state index contributed by atoms with van der Waals surface area (Å²) >= 11 is 0. The maximum Gasteiger partial charge on any atom is 0.225 e. The summed E-state index contributed by atoms with van der Waals surface area (Å²) in [7, 11) is 1.73. The molecule has 0 aliphatic carbocycles. The van der Waals surface area contributed by atoms with E-state index < -0.39 is 0 Å². The summed E-state index contributed by atoms with van der Waals surface area (Å²) in [6.07, 6.45) is 4.40. The fraction of sp³-hybridized carbons (Fsp3) is 0.500. The monoisotopic (exact) mass is 338 g/mol. The molecule has 3 heterocycles. The first-order valence-electron chi connectivity index (χ1n) is 9.14. The van der Waals surface area contributed by atoms with Gasteiger partial charge in [0.2, 0.25) is 5.95 Å². The van der Waals surface area contributed by atoms with E-state index >= 15 is 0 Å². The number of nitrogens with zero attached hydrogens (tertiary/aromatic N) is 4. The number of aryl methyl sites for hydroxylation is 1. The zero-order valence-corrected chi connectivity index (χ0v) is 15.1. The molecule has 1 aromatic carbocycles. The van der Waals surface area contributed by atoms with Crippen molar-refractivity contribution in [2.75, 3.05) is 31.6 Å². The second-order valence-electron chi connectivity index (χ2n) is 7.17. The van der Waals surface area contributed by atoms with Gasteiger partial charge in [0.25, 0.3) is 0 Å². The van der Waals surface area contributed by atoms with Crippen molar-refractivity contribution in [1.82, 2.24) is 14.9 Å². The van der Waals surface area contributed by atoms with Gasteiger partial charge < -0.3 is 9.64 Å². The lowest BCUT2D eigenvalue weighted by molar-refractivity contribution is 0.200. The van der Waals surface area contributed by atoms with Crippen molar-refractivity contribution in [3.05, 3.63) is 47.8 Å². The molecule has 0 amide bonds. The summed E-state index contributed by atoms with van der Waals surface area (Å²) in [5.74, 6) is 2.62. The number of fused-ring (bicyclic) bond motifs is 1. The summed E-state index contributed by atoms with van der Waals surface area (Å²) in [4.78, 5) is 14.1. The first-order chi connectivity index (χ1) is 12.2. The van der Waals surface area contributed by atoms with E-state index in [2.05, 4.69) is 38.0 Å². The van der Waals surface area contributed by atoms with Crippen LogP contribution in [0.25, 0.3) is 0 Å². The zero-order chi connectivity index (χ0) is 17.2. The van der Waals surface area contributed by atoms with Crippen LogP contribution in [0.3, 0.4) is 0 Å². The van der Waals surface area contributed by atoms with Crippen molar-refractivity contribution in [3.8, 4) is 5.75 Å². The highest BCUT2D eigenvalue weighted by atomic mass is 16.5. The highest BCUT2D eigenvalue weighted by Crippen LogP contribution is 2.34. The average molecular weight is 338 g/mol. The predicted molar refractivity (Wildman–Crippen MR) is 98.9 cm³/mol. The third kappa shape index (κ3) is 3.47. The number of ether oxygens (including phenoxy) is 1. The van der Waals surface area contributed by atoms with Crippen molar-refractivity contribution in [1.29, 1.82) is 0 Å². The van der Waals surface area contributed by atoms with Crippen molar-refractivity contribution >= 4 is 5.95 Å². The summed E-state index contributed by atoms with van der Waals surface area (Å²) in [5.41, 5.74) is 2.36. The molecule has 0 bridgehead atoms. The van der Waals surface area contributed by atoms with E-state index in [1.807, 2.05) is 25.3 Å². The Morgan fingerprint density at radius 1 is 1.20 bits per heavy atom. The fourth-order valence-electron chi connectivity index (χ4n) is 4.20. The molecule has 25 heavy (non-hydrogen) atoms. The van der Waals surface area contributed by atoms with Crippen LogP contribution in [-0.4, -0.2) is 47.7 Å². The molecule has 2 aromatic rings. The number of benzene rings is 1. The van der Waals surface area contributed by atoms with Gasteiger partial charge in [-0.2, -0.15) is 0 Å². The number of hydrogen-bond acceptors (Lipinski definition) is 5. The van der Waals surface area contributed by atoms with E-state index in [-0.39, 0.29) is 0 Å². The second kappa shape index (κ2) is 7.00. The minimum absolute atomic E-state index is 0.587. The quantitative estimate of drug-likeness (QED) is 0.857. The van der Waals surface area contributed by atoms with Crippen LogP contribution in [0.4, 0.5) is 5.95 Å². The van der Waals surface area contributed by atoms with Crippen molar-refractivity contribution in [2.24, 2.45) is 5.92 Å². The van der Waals surface area contributed by atoms with Gasteiger partial charge >= 0.3 is 0 Å². The van der Waals surface area contributed by atoms with E-state index in [9.17, 15) is 0 Å². The molecule has 0 N–H and O–H groups in total. The standard InChI is InChI=1S/C20H26N4O/c1-15-6-9-21-20(22-15)24-11-8-17-7-10-23(19(17)14-24)13-16-4-3-5-18(12-16)25-2/h3-6,9,12,17,19H,7-8,10-11,13-14H2,1-2H3. The Morgan fingerprint density at radius 2 is 2.08 bits per heavy atom. The Kier molecular flexibility index (Phi) is 4.57. The highest BCUT2D eigenvalue weighted by molar-refractivity contribution is 5.32. The molecule has 2 unspecified atom stereocenters. The van der Waals surface area contributed by atoms with Crippen molar-refractivity contribution in [3.63, 3.8) is 0 Å². The number of methoxy groups -OCH3 is 1. The largest absolute Gasteiger partial charge is 0.497 e. The summed E-state index contributed by atoms with van der Waals surface area (Å²) < 4.78 is 5.37. The van der Waals surface area contributed by atoms with Crippen molar-refractivity contribution in [2.45, 2.75) is 32.4 Å². The Balaban J connectivity index is 1.48. The molecule has 0 radical (unpaired) electrons. The molecule has 0 spiro atoms. The Bertz CT molecular complexity index is 735. The number of hydrogen-bond donors (Lipinski definition) is 0. The van der Waals surface area contributed by atoms with Gasteiger partial charge in [-0.15, -0.1) is 0 Å².